The smallest absolute Gasteiger partial charge is 0.123 e. The molecule has 0 spiro atoms. The van der Waals surface area contributed by atoms with Crippen LogP contribution in [0.3, 0.4) is 0 Å². The van der Waals surface area contributed by atoms with Gasteiger partial charge in [0.15, 0.2) is 0 Å². The van der Waals surface area contributed by atoms with Crippen LogP contribution in [0.15, 0.2) is 170 Å². The Labute approximate surface area is 268 Å². The van der Waals surface area contributed by atoms with E-state index in [0.717, 1.165) is 33.8 Å². The molecule has 0 aliphatic heterocycles. The Kier molecular flexibility index (Phi) is 6.92. The monoisotopic (exact) mass is 594 g/mol. The molecule has 0 amide bonds. The van der Waals surface area contributed by atoms with Gasteiger partial charge in [0.1, 0.15) is 5.82 Å². The molecule has 0 saturated carbocycles. The normalized spacial score (nSPS) is 11.3. The molecule has 0 N–H and O–H groups in total. The van der Waals surface area contributed by atoms with Crippen molar-refractivity contribution in [3.05, 3.63) is 176 Å². The first-order valence-electron chi connectivity index (χ1n) is 15.5. The maximum absolute atomic E-state index is 13.9. The topological polar surface area (TPSA) is 8.17 Å². The number of hydrogen-bond donors (Lipinski definition) is 0. The number of benzene rings is 7. The molecule has 0 atom stereocenters. The van der Waals surface area contributed by atoms with Crippen molar-refractivity contribution in [2.24, 2.45) is 7.05 Å². The number of anilines is 3. The summed E-state index contributed by atoms with van der Waals surface area (Å²) in [5, 5.41) is 2.49. The number of fused-ring (bicyclic) bond motifs is 3. The quantitative estimate of drug-likeness (QED) is 0.186. The lowest BCUT2D eigenvalue weighted by molar-refractivity contribution is 0.628. The highest BCUT2D eigenvalue weighted by Gasteiger charge is 2.15. The molecule has 220 valence electrons. The summed E-state index contributed by atoms with van der Waals surface area (Å²) < 4.78 is 16.2. The van der Waals surface area contributed by atoms with Crippen molar-refractivity contribution in [2.75, 3.05) is 4.90 Å². The number of aromatic nitrogens is 1. The molecular weight excluding hydrogens is 563 g/mol. The van der Waals surface area contributed by atoms with Gasteiger partial charge in [0.05, 0.1) is 0 Å². The Bertz CT molecular complexity index is 2290. The molecule has 0 aliphatic carbocycles. The standard InChI is InChI=1S/C43H31FN2/c1-45-42-26-16-34(31-10-6-3-7-11-31)28-40(42)41-29-35(17-27-43(41)45)33-14-22-38(23-15-33)46(39-24-18-36(44)19-25-39)37-20-12-32(13-21-37)30-8-4-2-5-9-30/h2-29H,1H3. The minimum atomic E-state index is -0.252. The second kappa shape index (κ2) is 11.5. The summed E-state index contributed by atoms with van der Waals surface area (Å²) in [6.07, 6.45) is 0. The molecule has 0 saturated heterocycles. The van der Waals surface area contributed by atoms with Crippen LogP contribution in [0, 0.1) is 5.82 Å². The van der Waals surface area contributed by atoms with Gasteiger partial charge in [0, 0.05) is 45.9 Å². The predicted molar refractivity (Wildman–Crippen MR) is 191 cm³/mol. The number of nitrogens with zero attached hydrogens (tertiary/aromatic N) is 2. The van der Waals surface area contributed by atoms with Crippen LogP contribution in [0.25, 0.3) is 55.2 Å². The van der Waals surface area contributed by atoms with Gasteiger partial charge in [0.2, 0.25) is 0 Å². The first kappa shape index (κ1) is 27.6. The second-order valence-corrected chi connectivity index (χ2v) is 11.7. The van der Waals surface area contributed by atoms with Crippen molar-refractivity contribution in [1.29, 1.82) is 0 Å². The fourth-order valence-corrected chi connectivity index (χ4v) is 6.48. The number of hydrogen-bond acceptors (Lipinski definition) is 1. The van der Waals surface area contributed by atoms with Crippen LogP contribution in [-0.4, -0.2) is 4.57 Å². The molecule has 46 heavy (non-hydrogen) atoms. The van der Waals surface area contributed by atoms with E-state index in [1.807, 2.05) is 18.2 Å². The Morgan fingerprint density at radius 2 is 0.739 bits per heavy atom. The zero-order valence-corrected chi connectivity index (χ0v) is 25.4. The van der Waals surface area contributed by atoms with E-state index in [2.05, 4.69) is 156 Å². The Morgan fingerprint density at radius 1 is 0.391 bits per heavy atom. The predicted octanol–water partition coefficient (Wildman–Crippen LogP) is 11.9. The van der Waals surface area contributed by atoms with Crippen molar-refractivity contribution in [2.45, 2.75) is 0 Å². The van der Waals surface area contributed by atoms with Gasteiger partial charge >= 0.3 is 0 Å². The summed E-state index contributed by atoms with van der Waals surface area (Å²) in [5.41, 5.74) is 12.4. The van der Waals surface area contributed by atoms with Crippen LogP contribution in [0.4, 0.5) is 21.5 Å². The third-order valence-electron chi connectivity index (χ3n) is 8.89. The average Bonchev–Trinajstić information content (AvgIpc) is 3.40. The van der Waals surface area contributed by atoms with Crippen molar-refractivity contribution >= 4 is 38.9 Å². The van der Waals surface area contributed by atoms with E-state index >= 15 is 0 Å². The molecule has 3 heteroatoms. The van der Waals surface area contributed by atoms with Crippen LogP contribution in [0.1, 0.15) is 0 Å². The van der Waals surface area contributed by atoms with E-state index in [1.165, 1.54) is 50.6 Å². The lowest BCUT2D eigenvalue weighted by Gasteiger charge is -2.26. The highest BCUT2D eigenvalue weighted by Crippen LogP contribution is 2.38. The van der Waals surface area contributed by atoms with E-state index in [0.29, 0.717) is 0 Å². The van der Waals surface area contributed by atoms with Gasteiger partial charge in [-0.05, 0) is 106 Å². The van der Waals surface area contributed by atoms with E-state index in [-0.39, 0.29) is 5.82 Å². The zero-order chi connectivity index (χ0) is 31.0. The van der Waals surface area contributed by atoms with E-state index in [9.17, 15) is 4.39 Å². The van der Waals surface area contributed by atoms with E-state index in [1.54, 1.807) is 0 Å². The minimum Gasteiger partial charge on any atom is -0.344 e. The highest BCUT2D eigenvalue weighted by atomic mass is 19.1. The summed E-state index contributed by atoms with van der Waals surface area (Å²) >= 11 is 0. The third kappa shape index (κ3) is 5.02. The molecular formula is C43H31FN2. The van der Waals surface area contributed by atoms with Crippen molar-refractivity contribution in [3.8, 4) is 33.4 Å². The lowest BCUT2D eigenvalue weighted by Crippen LogP contribution is -2.09. The molecule has 7 aromatic carbocycles. The zero-order valence-electron chi connectivity index (χ0n) is 25.4. The van der Waals surface area contributed by atoms with Gasteiger partial charge in [-0.1, -0.05) is 97.1 Å². The van der Waals surface area contributed by atoms with Crippen molar-refractivity contribution < 1.29 is 4.39 Å². The molecule has 0 unspecified atom stereocenters. The van der Waals surface area contributed by atoms with Crippen molar-refractivity contribution in [1.82, 2.24) is 4.57 Å². The van der Waals surface area contributed by atoms with Gasteiger partial charge in [-0.3, -0.25) is 0 Å². The largest absolute Gasteiger partial charge is 0.344 e. The van der Waals surface area contributed by atoms with E-state index < -0.39 is 0 Å². The number of aryl methyl sites for hydroxylation is 1. The summed E-state index contributed by atoms with van der Waals surface area (Å²) in [5.74, 6) is -0.252. The van der Waals surface area contributed by atoms with Gasteiger partial charge < -0.3 is 9.47 Å². The SMILES string of the molecule is Cn1c2ccc(-c3ccccc3)cc2c2cc(-c3ccc(N(c4ccc(F)cc4)c4ccc(-c5ccccc5)cc4)cc3)ccc21. The third-order valence-corrected chi connectivity index (χ3v) is 8.89. The Hall–Kier alpha value is -5.93. The first-order chi connectivity index (χ1) is 22.6. The Balaban J connectivity index is 1.17. The average molecular weight is 595 g/mol. The maximum Gasteiger partial charge on any atom is 0.123 e. The lowest BCUT2D eigenvalue weighted by atomic mass is 10.00. The van der Waals surface area contributed by atoms with Crippen LogP contribution < -0.4 is 4.90 Å². The minimum absolute atomic E-state index is 0.252. The summed E-state index contributed by atoms with van der Waals surface area (Å²) in [7, 11) is 2.14. The molecule has 0 bridgehead atoms. The molecule has 1 heterocycles. The molecule has 2 nitrogen and oxygen atoms in total. The maximum atomic E-state index is 13.9. The molecule has 8 aromatic rings. The molecule has 0 fully saturated rings. The first-order valence-corrected chi connectivity index (χ1v) is 15.5. The summed E-state index contributed by atoms with van der Waals surface area (Å²) in [6, 6.07) is 58.2. The van der Waals surface area contributed by atoms with Gasteiger partial charge in [-0.25, -0.2) is 4.39 Å². The molecule has 1 aromatic heterocycles. The van der Waals surface area contributed by atoms with Crippen LogP contribution in [0.5, 0.6) is 0 Å². The summed E-state index contributed by atoms with van der Waals surface area (Å²) in [4.78, 5) is 2.16. The second-order valence-electron chi connectivity index (χ2n) is 11.7. The van der Waals surface area contributed by atoms with Crippen LogP contribution >= 0.6 is 0 Å². The Morgan fingerprint density at radius 3 is 1.20 bits per heavy atom. The highest BCUT2D eigenvalue weighted by molar-refractivity contribution is 6.10. The summed E-state index contributed by atoms with van der Waals surface area (Å²) in [6.45, 7) is 0. The van der Waals surface area contributed by atoms with E-state index in [4.69, 9.17) is 0 Å². The number of halogens is 1. The molecule has 0 aliphatic rings. The molecule has 0 radical (unpaired) electrons. The fraction of sp³-hybridized carbons (Fsp3) is 0.0233. The van der Waals surface area contributed by atoms with Gasteiger partial charge in [-0.15, -0.1) is 0 Å². The van der Waals surface area contributed by atoms with Crippen LogP contribution in [0.2, 0.25) is 0 Å². The van der Waals surface area contributed by atoms with Crippen LogP contribution in [-0.2, 0) is 7.05 Å². The van der Waals surface area contributed by atoms with Gasteiger partial charge in [-0.2, -0.15) is 0 Å². The number of rotatable bonds is 6. The van der Waals surface area contributed by atoms with Gasteiger partial charge in [0.25, 0.3) is 0 Å². The fourth-order valence-electron chi connectivity index (χ4n) is 6.48. The molecule has 8 rings (SSSR count). The van der Waals surface area contributed by atoms with Crippen molar-refractivity contribution in [3.63, 3.8) is 0 Å².